The topological polar surface area (TPSA) is 27.7 Å². The van der Waals surface area contributed by atoms with Gasteiger partial charge in [0.2, 0.25) is 0 Å². The van der Waals surface area contributed by atoms with Gasteiger partial charge in [0.05, 0.1) is 6.61 Å². The third kappa shape index (κ3) is 4.03. The van der Waals surface area contributed by atoms with E-state index in [0.29, 0.717) is 12.5 Å². The van der Waals surface area contributed by atoms with E-state index in [4.69, 9.17) is 14.2 Å². The van der Waals surface area contributed by atoms with E-state index >= 15 is 0 Å². The van der Waals surface area contributed by atoms with Gasteiger partial charge in [-0.1, -0.05) is 30.3 Å². The third-order valence-electron chi connectivity index (χ3n) is 4.08. The zero-order valence-corrected chi connectivity index (χ0v) is 11.9. The minimum atomic E-state index is -0.351. The monoisotopic (exact) mass is 264 g/mol. The van der Waals surface area contributed by atoms with Crippen LogP contribution in [0, 0.1) is 5.92 Å². The third-order valence-corrected chi connectivity index (χ3v) is 4.08. The van der Waals surface area contributed by atoms with Crippen molar-refractivity contribution in [3.8, 4) is 0 Å². The standard InChI is InChI=1S/C16H24O3/c1-17-16(18-2)10-8-15(9-11-16)13-19-12-14-6-4-3-5-7-14/h3-7,15H,8-13H2,1-2H3. The van der Waals surface area contributed by atoms with Crippen LogP contribution >= 0.6 is 0 Å². The lowest BCUT2D eigenvalue weighted by molar-refractivity contribution is -0.229. The average Bonchev–Trinajstić information content (AvgIpc) is 2.49. The Hall–Kier alpha value is -0.900. The molecule has 0 atom stereocenters. The summed E-state index contributed by atoms with van der Waals surface area (Å²) in [6.45, 7) is 1.54. The molecule has 3 nitrogen and oxygen atoms in total. The molecule has 0 amide bonds. The molecule has 0 aliphatic heterocycles. The van der Waals surface area contributed by atoms with Crippen LogP contribution in [0.2, 0.25) is 0 Å². The molecule has 0 N–H and O–H groups in total. The van der Waals surface area contributed by atoms with Gasteiger partial charge in [-0.05, 0) is 24.3 Å². The van der Waals surface area contributed by atoms with Gasteiger partial charge in [-0.15, -0.1) is 0 Å². The quantitative estimate of drug-likeness (QED) is 0.737. The maximum Gasteiger partial charge on any atom is 0.167 e. The molecule has 0 unspecified atom stereocenters. The summed E-state index contributed by atoms with van der Waals surface area (Å²) in [7, 11) is 3.46. The molecule has 0 aromatic heterocycles. The van der Waals surface area contributed by atoms with E-state index in [0.717, 1.165) is 32.3 Å². The van der Waals surface area contributed by atoms with Crippen LogP contribution in [0.4, 0.5) is 0 Å². The number of hydrogen-bond donors (Lipinski definition) is 0. The molecule has 0 bridgehead atoms. The van der Waals surface area contributed by atoms with E-state index < -0.39 is 0 Å². The number of benzene rings is 1. The summed E-state index contributed by atoms with van der Waals surface area (Å²) in [6, 6.07) is 10.3. The summed E-state index contributed by atoms with van der Waals surface area (Å²) in [5.74, 6) is 0.276. The lowest BCUT2D eigenvalue weighted by Crippen LogP contribution is -2.38. The van der Waals surface area contributed by atoms with Crippen LogP contribution in [0.1, 0.15) is 31.2 Å². The van der Waals surface area contributed by atoms with Gasteiger partial charge in [0, 0.05) is 33.7 Å². The van der Waals surface area contributed by atoms with Crippen molar-refractivity contribution in [2.45, 2.75) is 38.1 Å². The lowest BCUT2D eigenvalue weighted by atomic mass is 9.85. The summed E-state index contributed by atoms with van der Waals surface area (Å²) >= 11 is 0. The Labute approximate surface area is 115 Å². The van der Waals surface area contributed by atoms with E-state index in [2.05, 4.69) is 12.1 Å². The van der Waals surface area contributed by atoms with Gasteiger partial charge in [0.25, 0.3) is 0 Å². The van der Waals surface area contributed by atoms with E-state index in [1.807, 2.05) is 18.2 Å². The van der Waals surface area contributed by atoms with Gasteiger partial charge in [-0.25, -0.2) is 0 Å². The van der Waals surface area contributed by atoms with Crippen LogP contribution in [-0.4, -0.2) is 26.6 Å². The normalized spacial score (nSPS) is 19.5. The van der Waals surface area contributed by atoms with Gasteiger partial charge in [-0.3, -0.25) is 0 Å². The SMILES string of the molecule is COC1(OC)CCC(COCc2ccccc2)CC1. The molecule has 1 fully saturated rings. The van der Waals surface area contributed by atoms with Crippen molar-refractivity contribution in [3.05, 3.63) is 35.9 Å². The van der Waals surface area contributed by atoms with Crippen molar-refractivity contribution in [1.29, 1.82) is 0 Å². The first-order chi connectivity index (χ1) is 9.28. The summed E-state index contributed by atoms with van der Waals surface area (Å²) in [5, 5.41) is 0. The zero-order chi connectivity index (χ0) is 13.6. The zero-order valence-electron chi connectivity index (χ0n) is 11.9. The van der Waals surface area contributed by atoms with Crippen LogP contribution in [0.25, 0.3) is 0 Å². The predicted octanol–water partition coefficient (Wildman–Crippen LogP) is 3.38. The highest BCUT2D eigenvalue weighted by molar-refractivity contribution is 5.13. The smallest absolute Gasteiger partial charge is 0.167 e. The van der Waals surface area contributed by atoms with E-state index in [9.17, 15) is 0 Å². The van der Waals surface area contributed by atoms with Crippen LogP contribution in [-0.2, 0) is 20.8 Å². The lowest BCUT2D eigenvalue weighted by Gasteiger charge is -2.37. The fourth-order valence-corrected chi connectivity index (χ4v) is 2.69. The highest BCUT2D eigenvalue weighted by atomic mass is 16.7. The second-order valence-corrected chi connectivity index (χ2v) is 5.26. The molecule has 1 aliphatic rings. The highest BCUT2D eigenvalue weighted by Gasteiger charge is 2.35. The number of methoxy groups -OCH3 is 2. The molecule has 2 rings (SSSR count). The Morgan fingerprint density at radius 3 is 2.26 bits per heavy atom. The molecule has 0 heterocycles. The number of hydrogen-bond acceptors (Lipinski definition) is 3. The van der Waals surface area contributed by atoms with Gasteiger partial charge < -0.3 is 14.2 Å². The maximum absolute atomic E-state index is 5.81. The summed E-state index contributed by atoms with van der Waals surface area (Å²) in [4.78, 5) is 0. The van der Waals surface area contributed by atoms with Crippen molar-refractivity contribution in [2.24, 2.45) is 5.92 Å². The Kier molecular flexibility index (Phi) is 5.37. The van der Waals surface area contributed by atoms with Crippen molar-refractivity contribution in [2.75, 3.05) is 20.8 Å². The van der Waals surface area contributed by atoms with Crippen LogP contribution < -0.4 is 0 Å². The molecule has 1 aromatic rings. The minimum absolute atomic E-state index is 0.351. The Bertz CT molecular complexity index is 350. The maximum atomic E-state index is 5.81. The molecule has 1 aliphatic carbocycles. The molecule has 106 valence electrons. The summed E-state index contributed by atoms with van der Waals surface area (Å²) in [6.07, 6.45) is 4.13. The molecule has 19 heavy (non-hydrogen) atoms. The summed E-state index contributed by atoms with van der Waals surface area (Å²) < 4.78 is 16.8. The average molecular weight is 264 g/mol. The summed E-state index contributed by atoms with van der Waals surface area (Å²) in [5.41, 5.74) is 1.24. The van der Waals surface area contributed by atoms with Gasteiger partial charge in [0.1, 0.15) is 0 Å². The molecule has 1 aromatic carbocycles. The molecule has 1 saturated carbocycles. The first-order valence-electron chi connectivity index (χ1n) is 7.00. The van der Waals surface area contributed by atoms with Gasteiger partial charge in [0.15, 0.2) is 5.79 Å². The molecular weight excluding hydrogens is 240 g/mol. The van der Waals surface area contributed by atoms with Crippen molar-refractivity contribution < 1.29 is 14.2 Å². The number of rotatable bonds is 6. The fourth-order valence-electron chi connectivity index (χ4n) is 2.69. The molecular formula is C16H24O3. The number of ether oxygens (including phenoxy) is 3. The van der Waals surface area contributed by atoms with Gasteiger partial charge >= 0.3 is 0 Å². The largest absolute Gasteiger partial charge is 0.376 e. The Morgan fingerprint density at radius 2 is 1.68 bits per heavy atom. The van der Waals surface area contributed by atoms with Gasteiger partial charge in [-0.2, -0.15) is 0 Å². The first kappa shape index (κ1) is 14.5. The minimum Gasteiger partial charge on any atom is -0.376 e. The second-order valence-electron chi connectivity index (χ2n) is 5.26. The van der Waals surface area contributed by atoms with E-state index in [1.165, 1.54) is 5.56 Å². The van der Waals surface area contributed by atoms with E-state index in [1.54, 1.807) is 14.2 Å². The van der Waals surface area contributed by atoms with E-state index in [-0.39, 0.29) is 5.79 Å². The molecule has 3 heteroatoms. The van der Waals surface area contributed by atoms with Crippen molar-refractivity contribution in [1.82, 2.24) is 0 Å². The van der Waals surface area contributed by atoms with Crippen LogP contribution in [0.5, 0.6) is 0 Å². The first-order valence-corrected chi connectivity index (χ1v) is 7.00. The Balaban J connectivity index is 1.69. The fraction of sp³-hybridized carbons (Fsp3) is 0.625. The molecule has 0 radical (unpaired) electrons. The molecule has 0 spiro atoms. The Morgan fingerprint density at radius 1 is 1.05 bits per heavy atom. The predicted molar refractivity (Wildman–Crippen MR) is 74.8 cm³/mol. The van der Waals surface area contributed by atoms with Crippen LogP contribution in [0.3, 0.4) is 0 Å². The molecule has 0 saturated heterocycles. The highest BCUT2D eigenvalue weighted by Crippen LogP contribution is 2.35. The van der Waals surface area contributed by atoms with Crippen LogP contribution in [0.15, 0.2) is 30.3 Å². The van der Waals surface area contributed by atoms with Crippen molar-refractivity contribution >= 4 is 0 Å². The van der Waals surface area contributed by atoms with Crippen molar-refractivity contribution in [3.63, 3.8) is 0 Å². The second kappa shape index (κ2) is 7.04.